The Labute approximate surface area is 181 Å². The van der Waals surface area contributed by atoms with E-state index in [4.69, 9.17) is 4.74 Å². The van der Waals surface area contributed by atoms with Gasteiger partial charge in [0.05, 0.1) is 26.1 Å². The van der Waals surface area contributed by atoms with Crippen molar-refractivity contribution >= 4 is 11.9 Å². The number of aromatic amines is 1. The molecule has 7 heteroatoms. The number of benzene rings is 2. The Kier molecular flexibility index (Phi) is 7.81. The monoisotopic (exact) mass is 421 g/mol. The Hall–Kier alpha value is -3.61. The molecular formula is C24H27N3O4. The molecule has 1 aromatic heterocycles. The summed E-state index contributed by atoms with van der Waals surface area (Å²) in [4.78, 5) is 30.8. The molecule has 0 fully saturated rings. The first kappa shape index (κ1) is 22.1. The average molecular weight is 421 g/mol. The van der Waals surface area contributed by atoms with Crippen molar-refractivity contribution in [1.82, 2.24) is 15.3 Å². The van der Waals surface area contributed by atoms with Crippen LogP contribution in [0.3, 0.4) is 0 Å². The van der Waals surface area contributed by atoms with Crippen LogP contribution in [0.1, 0.15) is 31.2 Å². The van der Waals surface area contributed by atoms with Gasteiger partial charge in [-0.1, -0.05) is 36.4 Å². The van der Waals surface area contributed by atoms with Gasteiger partial charge in [0.15, 0.2) is 0 Å². The van der Waals surface area contributed by atoms with E-state index in [-0.39, 0.29) is 11.9 Å². The Morgan fingerprint density at radius 3 is 2.52 bits per heavy atom. The fraction of sp³-hybridized carbons (Fsp3) is 0.292. The number of ether oxygens (including phenoxy) is 2. The first-order valence-electron chi connectivity index (χ1n) is 10.2. The fourth-order valence-corrected chi connectivity index (χ4v) is 3.13. The van der Waals surface area contributed by atoms with Gasteiger partial charge in [-0.05, 0) is 30.5 Å². The summed E-state index contributed by atoms with van der Waals surface area (Å²) in [5.41, 5.74) is 3.89. The van der Waals surface area contributed by atoms with E-state index in [2.05, 4.69) is 20.0 Å². The Bertz CT molecular complexity index is 1010. The highest BCUT2D eigenvalue weighted by Gasteiger charge is 2.08. The minimum Gasteiger partial charge on any atom is -0.497 e. The molecule has 7 nitrogen and oxygen atoms in total. The van der Waals surface area contributed by atoms with Crippen molar-refractivity contribution in [2.24, 2.45) is 0 Å². The molecular weight excluding hydrogens is 394 g/mol. The van der Waals surface area contributed by atoms with E-state index >= 15 is 0 Å². The second-order valence-corrected chi connectivity index (χ2v) is 7.13. The third kappa shape index (κ3) is 6.44. The van der Waals surface area contributed by atoms with Crippen LogP contribution >= 0.6 is 0 Å². The first-order valence-corrected chi connectivity index (χ1v) is 10.2. The fourth-order valence-electron chi connectivity index (χ4n) is 3.13. The second-order valence-electron chi connectivity index (χ2n) is 7.13. The summed E-state index contributed by atoms with van der Waals surface area (Å²) in [6.45, 7) is 0.462. The molecule has 3 rings (SSSR count). The number of hydrogen-bond acceptors (Lipinski definition) is 5. The van der Waals surface area contributed by atoms with Gasteiger partial charge in [0.2, 0.25) is 5.91 Å². The van der Waals surface area contributed by atoms with Crippen LogP contribution in [0, 0.1) is 0 Å². The molecule has 0 atom stereocenters. The number of hydrogen-bond donors (Lipinski definition) is 2. The smallest absolute Gasteiger partial charge is 0.305 e. The molecule has 0 saturated carbocycles. The molecule has 0 aliphatic heterocycles. The highest BCUT2D eigenvalue weighted by atomic mass is 16.5. The number of unbranched alkanes of at least 4 members (excludes halogenated alkanes) is 1. The third-order valence-electron chi connectivity index (χ3n) is 4.94. The molecule has 31 heavy (non-hydrogen) atoms. The van der Waals surface area contributed by atoms with Crippen molar-refractivity contribution in [3.05, 3.63) is 60.3 Å². The Balaban J connectivity index is 1.51. The Morgan fingerprint density at radius 2 is 1.77 bits per heavy atom. The molecule has 0 saturated heterocycles. The van der Waals surface area contributed by atoms with Crippen LogP contribution in [0.15, 0.2) is 54.7 Å². The van der Waals surface area contributed by atoms with E-state index in [0.717, 1.165) is 34.0 Å². The van der Waals surface area contributed by atoms with E-state index in [1.807, 2.05) is 48.5 Å². The second kappa shape index (κ2) is 11.0. The van der Waals surface area contributed by atoms with Crippen LogP contribution in [0.4, 0.5) is 0 Å². The molecule has 2 N–H and O–H groups in total. The minimum atomic E-state index is -0.243. The SMILES string of the molecule is COC(=O)CCCCC(=O)NCc1ccc(-c2ncc(-c3cccc(OC)c3)[nH]2)cc1. The first-order chi connectivity index (χ1) is 15.1. The highest BCUT2D eigenvalue weighted by molar-refractivity contribution is 5.76. The molecule has 3 aromatic rings. The number of aromatic nitrogens is 2. The zero-order valence-electron chi connectivity index (χ0n) is 17.8. The Morgan fingerprint density at radius 1 is 1.00 bits per heavy atom. The number of nitrogens with zero attached hydrogens (tertiary/aromatic N) is 1. The van der Waals surface area contributed by atoms with E-state index in [0.29, 0.717) is 32.2 Å². The van der Waals surface area contributed by atoms with E-state index in [1.165, 1.54) is 7.11 Å². The average Bonchev–Trinajstić information content (AvgIpc) is 3.31. The van der Waals surface area contributed by atoms with E-state index in [9.17, 15) is 9.59 Å². The van der Waals surface area contributed by atoms with Crippen molar-refractivity contribution in [2.75, 3.05) is 14.2 Å². The maximum Gasteiger partial charge on any atom is 0.305 e. The zero-order chi connectivity index (χ0) is 22.1. The van der Waals surface area contributed by atoms with E-state index < -0.39 is 0 Å². The van der Waals surface area contributed by atoms with Crippen LogP contribution in [0.5, 0.6) is 5.75 Å². The molecule has 1 heterocycles. The van der Waals surface area contributed by atoms with Gasteiger partial charge in [-0.2, -0.15) is 0 Å². The van der Waals surface area contributed by atoms with Gasteiger partial charge in [0.1, 0.15) is 11.6 Å². The standard InChI is InChI=1S/C24H27N3O4/c1-30-20-7-5-6-19(14-20)21-16-26-24(27-21)18-12-10-17(11-13-18)15-25-22(28)8-3-4-9-23(29)31-2/h5-7,10-14,16H,3-4,8-9,15H2,1-2H3,(H,25,28)(H,26,27). The van der Waals surface area contributed by atoms with Crippen LogP contribution in [0.2, 0.25) is 0 Å². The zero-order valence-corrected chi connectivity index (χ0v) is 17.8. The van der Waals surface area contributed by atoms with Crippen LogP contribution in [0.25, 0.3) is 22.6 Å². The lowest BCUT2D eigenvalue weighted by molar-refractivity contribution is -0.140. The maximum atomic E-state index is 12.0. The normalized spacial score (nSPS) is 10.5. The topological polar surface area (TPSA) is 93.3 Å². The van der Waals surface area contributed by atoms with Gasteiger partial charge in [-0.25, -0.2) is 4.98 Å². The number of carbonyl (C=O) groups is 2. The number of esters is 1. The number of rotatable bonds is 10. The summed E-state index contributed by atoms with van der Waals surface area (Å²) in [6, 6.07) is 15.7. The van der Waals surface area contributed by atoms with Gasteiger partial charge in [0, 0.05) is 30.5 Å². The van der Waals surface area contributed by atoms with Gasteiger partial charge < -0.3 is 19.8 Å². The largest absolute Gasteiger partial charge is 0.497 e. The third-order valence-corrected chi connectivity index (χ3v) is 4.94. The molecule has 0 radical (unpaired) electrons. The number of imidazole rings is 1. The molecule has 1 amide bonds. The molecule has 0 spiro atoms. The molecule has 0 unspecified atom stereocenters. The number of H-pyrrole nitrogens is 1. The van der Waals surface area contributed by atoms with Crippen molar-refractivity contribution in [3.8, 4) is 28.4 Å². The van der Waals surface area contributed by atoms with Crippen LogP contribution in [-0.4, -0.2) is 36.1 Å². The van der Waals surface area contributed by atoms with Crippen molar-refractivity contribution in [1.29, 1.82) is 0 Å². The molecule has 0 aliphatic carbocycles. The van der Waals surface area contributed by atoms with Gasteiger partial charge in [0.25, 0.3) is 0 Å². The van der Waals surface area contributed by atoms with Crippen molar-refractivity contribution < 1.29 is 19.1 Å². The lowest BCUT2D eigenvalue weighted by Crippen LogP contribution is -2.22. The summed E-state index contributed by atoms with van der Waals surface area (Å²) in [7, 11) is 3.01. The predicted octanol–water partition coefficient (Wildman–Crippen LogP) is 4.10. The van der Waals surface area contributed by atoms with Crippen molar-refractivity contribution in [2.45, 2.75) is 32.2 Å². The molecule has 0 aliphatic rings. The molecule has 2 aromatic carbocycles. The summed E-state index contributed by atoms with van der Waals surface area (Å²) in [6.07, 6.45) is 3.86. The predicted molar refractivity (Wildman–Crippen MR) is 118 cm³/mol. The minimum absolute atomic E-state index is 0.0251. The highest BCUT2D eigenvalue weighted by Crippen LogP contribution is 2.25. The van der Waals surface area contributed by atoms with Gasteiger partial charge in [-0.3, -0.25) is 9.59 Å². The lowest BCUT2D eigenvalue weighted by atomic mass is 10.1. The van der Waals surface area contributed by atoms with E-state index in [1.54, 1.807) is 13.3 Å². The van der Waals surface area contributed by atoms with Crippen molar-refractivity contribution in [3.63, 3.8) is 0 Å². The molecule has 0 bridgehead atoms. The van der Waals surface area contributed by atoms with Gasteiger partial charge in [-0.15, -0.1) is 0 Å². The molecule has 162 valence electrons. The van der Waals surface area contributed by atoms with Crippen LogP contribution in [-0.2, 0) is 20.9 Å². The lowest BCUT2D eigenvalue weighted by Gasteiger charge is -2.06. The summed E-state index contributed by atoms with van der Waals surface area (Å²) >= 11 is 0. The number of methoxy groups -OCH3 is 2. The number of nitrogens with one attached hydrogen (secondary N) is 2. The summed E-state index contributed by atoms with van der Waals surface area (Å²) < 4.78 is 9.87. The quantitative estimate of drug-likeness (QED) is 0.380. The summed E-state index contributed by atoms with van der Waals surface area (Å²) in [5, 5.41) is 2.91. The van der Waals surface area contributed by atoms with Gasteiger partial charge >= 0.3 is 5.97 Å². The number of amides is 1. The maximum absolute atomic E-state index is 12.0. The number of carbonyl (C=O) groups excluding carboxylic acids is 2. The summed E-state index contributed by atoms with van der Waals surface area (Å²) in [5.74, 6) is 1.30. The van der Waals surface area contributed by atoms with Crippen LogP contribution < -0.4 is 10.1 Å².